The molecule has 0 saturated heterocycles. The Balaban J connectivity index is 2.50. The summed E-state index contributed by atoms with van der Waals surface area (Å²) in [6, 6.07) is 6.78. The molecule has 1 atom stereocenters. The molecule has 3 nitrogen and oxygen atoms in total. The third kappa shape index (κ3) is 6.96. The molecule has 1 unspecified atom stereocenters. The van der Waals surface area contributed by atoms with Crippen molar-refractivity contribution in [3.05, 3.63) is 29.3 Å². The van der Waals surface area contributed by atoms with Gasteiger partial charge in [0.15, 0.2) is 0 Å². The summed E-state index contributed by atoms with van der Waals surface area (Å²) in [5, 5.41) is 3.50. The van der Waals surface area contributed by atoms with Crippen molar-refractivity contribution in [1.29, 1.82) is 0 Å². The molecule has 1 aromatic rings. The molecule has 0 aromatic heterocycles. The molecule has 0 radical (unpaired) electrons. The van der Waals surface area contributed by atoms with E-state index in [1.807, 2.05) is 0 Å². The summed E-state index contributed by atoms with van der Waals surface area (Å²) >= 11 is 0. The van der Waals surface area contributed by atoms with Gasteiger partial charge in [0, 0.05) is 6.04 Å². The van der Waals surface area contributed by atoms with Crippen LogP contribution in [0.1, 0.15) is 58.2 Å². The van der Waals surface area contributed by atoms with Gasteiger partial charge in [-0.05, 0) is 64.8 Å². The Bertz CT molecular complexity index is 424. The Labute approximate surface area is 130 Å². The Morgan fingerprint density at radius 1 is 1.19 bits per heavy atom. The van der Waals surface area contributed by atoms with Crippen molar-refractivity contribution < 1.29 is 9.47 Å². The molecule has 0 fully saturated rings. The van der Waals surface area contributed by atoms with E-state index in [4.69, 9.17) is 9.47 Å². The van der Waals surface area contributed by atoms with Crippen LogP contribution in [0.5, 0.6) is 5.75 Å². The second-order valence-electron chi connectivity index (χ2n) is 6.51. The van der Waals surface area contributed by atoms with E-state index in [0.717, 1.165) is 18.7 Å². The van der Waals surface area contributed by atoms with Crippen LogP contribution >= 0.6 is 0 Å². The molecule has 1 N–H and O–H groups in total. The van der Waals surface area contributed by atoms with Gasteiger partial charge < -0.3 is 14.8 Å². The first-order chi connectivity index (χ1) is 9.83. The normalized spacial score (nSPS) is 13.2. The molecular weight excluding hydrogens is 262 g/mol. The number of nitrogens with one attached hydrogen (secondary N) is 1. The highest BCUT2D eigenvalue weighted by molar-refractivity contribution is 5.37. The minimum atomic E-state index is -0.108. The zero-order chi connectivity index (χ0) is 15.9. The standard InChI is InChI=1S/C18H31NO2/c1-7-10-19-15(3)16-8-9-17(14(2)13-16)20-11-12-21-18(4,5)6/h8-9,13,15,19H,7,10-12H2,1-6H3. The van der Waals surface area contributed by atoms with Gasteiger partial charge >= 0.3 is 0 Å². The first kappa shape index (κ1) is 18.0. The first-order valence-corrected chi connectivity index (χ1v) is 7.94. The molecule has 0 saturated carbocycles. The van der Waals surface area contributed by atoms with Crippen LogP contribution < -0.4 is 10.1 Å². The van der Waals surface area contributed by atoms with Crippen LogP contribution in [0, 0.1) is 6.92 Å². The van der Waals surface area contributed by atoms with Crippen molar-refractivity contribution in [2.24, 2.45) is 0 Å². The summed E-state index contributed by atoms with van der Waals surface area (Å²) in [6.07, 6.45) is 1.15. The predicted molar refractivity (Wildman–Crippen MR) is 89.1 cm³/mol. The number of hydrogen-bond donors (Lipinski definition) is 1. The van der Waals surface area contributed by atoms with Crippen molar-refractivity contribution in [3.8, 4) is 5.75 Å². The lowest BCUT2D eigenvalue weighted by Crippen LogP contribution is -2.22. The second-order valence-corrected chi connectivity index (χ2v) is 6.51. The molecule has 0 heterocycles. The lowest BCUT2D eigenvalue weighted by molar-refractivity contribution is -0.0163. The van der Waals surface area contributed by atoms with Gasteiger partial charge in [-0.15, -0.1) is 0 Å². The fourth-order valence-corrected chi connectivity index (χ4v) is 2.08. The van der Waals surface area contributed by atoms with Crippen molar-refractivity contribution in [1.82, 2.24) is 5.32 Å². The van der Waals surface area contributed by atoms with E-state index >= 15 is 0 Å². The Morgan fingerprint density at radius 3 is 2.48 bits per heavy atom. The third-order valence-electron chi connectivity index (χ3n) is 3.28. The molecule has 0 amide bonds. The fraction of sp³-hybridized carbons (Fsp3) is 0.667. The van der Waals surface area contributed by atoms with E-state index in [0.29, 0.717) is 19.3 Å². The van der Waals surface area contributed by atoms with Gasteiger partial charge in [0.1, 0.15) is 12.4 Å². The summed E-state index contributed by atoms with van der Waals surface area (Å²) in [4.78, 5) is 0. The van der Waals surface area contributed by atoms with Crippen molar-refractivity contribution >= 4 is 0 Å². The van der Waals surface area contributed by atoms with E-state index < -0.39 is 0 Å². The lowest BCUT2D eigenvalue weighted by atomic mass is 10.0. The molecule has 0 aliphatic heterocycles. The quantitative estimate of drug-likeness (QED) is 0.727. The minimum Gasteiger partial charge on any atom is -0.491 e. The molecule has 0 spiro atoms. The van der Waals surface area contributed by atoms with Crippen molar-refractivity contribution in [3.63, 3.8) is 0 Å². The zero-order valence-corrected chi connectivity index (χ0v) is 14.5. The smallest absolute Gasteiger partial charge is 0.122 e. The number of benzene rings is 1. The van der Waals surface area contributed by atoms with Crippen molar-refractivity contribution in [2.75, 3.05) is 19.8 Å². The Hall–Kier alpha value is -1.06. The summed E-state index contributed by atoms with van der Waals surface area (Å²) in [6.45, 7) is 14.9. The molecule has 1 rings (SSSR count). The summed E-state index contributed by atoms with van der Waals surface area (Å²) in [5.74, 6) is 0.943. The molecular formula is C18H31NO2. The van der Waals surface area contributed by atoms with Crippen LogP contribution in [0.15, 0.2) is 18.2 Å². The van der Waals surface area contributed by atoms with E-state index in [1.54, 1.807) is 0 Å². The van der Waals surface area contributed by atoms with E-state index in [1.165, 1.54) is 11.1 Å². The Kier molecular flexibility index (Phi) is 7.20. The van der Waals surface area contributed by atoms with Crippen LogP contribution in [-0.4, -0.2) is 25.4 Å². The summed E-state index contributed by atoms with van der Waals surface area (Å²) < 4.78 is 11.5. The SMILES string of the molecule is CCCNC(C)c1ccc(OCCOC(C)(C)C)c(C)c1. The van der Waals surface area contributed by atoms with E-state index in [2.05, 4.69) is 65.1 Å². The fourth-order valence-electron chi connectivity index (χ4n) is 2.08. The van der Waals surface area contributed by atoms with Crippen LogP contribution in [-0.2, 0) is 4.74 Å². The molecule has 0 bridgehead atoms. The summed E-state index contributed by atoms with van der Waals surface area (Å²) in [5.41, 5.74) is 2.37. The maximum Gasteiger partial charge on any atom is 0.122 e. The van der Waals surface area contributed by atoms with Crippen LogP contribution in [0.2, 0.25) is 0 Å². The number of aryl methyl sites for hydroxylation is 1. The number of rotatable bonds is 8. The van der Waals surface area contributed by atoms with Crippen LogP contribution in [0.25, 0.3) is 0 Å². The Morgan fingerprint density at radius 2 is 1.90 bits per heavy atom. The monoisotopic (exact) mass is 293 g/mol. The average molecular weight is 293 g/mol. The number of hydrogen-bond acceptors (Lipinski definition) is 3. The largest absolute Gasteiger partial charge is 0.491 e. The number of ether oxygens (including phenoxy) is 2. The highest BCUT2D eigenvalue weighted by Gasteiger charge is 2.10. The summed E-state index contributed by atoms with van der Waals surface area (Å²) in [7, 11) is 0. The van der Waals surface area contributed by atoms with E-state index in [9.17, 15) is 0 Å². The zero-order valence-electron chi connectivity index (χ0n) is 14.5. The van der Waals surface area contributed by atoms with Gasteiger partial charge in [0.25, 0.3) is 0 Å². The topological polar surface area (TPSA) is 30.5 Å². The van der Waals surface area contributed by atoms with Gasteiger partial charge in [0.05, 0.1) is 12.2 Å². The van der Waals surface area contributed by atoms with Gasteiger partial charge in [-0.1, -0.05) is 19.1 Å². The molecule has 0 aliphatic rings. The van der Waals surface area contributed by atoms with E-state index in [-0.39, 0.29) is 5.60 Å². The molecule has 21 heavy (non-hydrogen) atoms. The lowest BCUT2D eigenvalue weighted by Gasteiger charge is -2.20. The average Bonchev–Trinajstić information content (AvgIpc) is 2.41. The highest BCUT2D eigenvalue weighted by Crippen LogP contribution is 2.23. The molecule has 120 valence electrons. The maximum absolute atomic E-state index is 5.80. The van der Waals surface area contributed by atoms with Gasteiger partial charge in [-0.25, -0.2) is 0 Å². The maximum atomic E-state index is 5.80. The minimum absolute atomic E-state index is 0.108. The first-order valence-electron chi connectivity index (χ1n) is 7.94. The van der Waals surface area contributed by atoms with Gasteiger partial charge in [-0.2, -0.15) is 0 Å². The molecule has 1 aromatic carbocycles. The molecule has 3 heteroatoms. The highest BCUT2D eigenvalue weighted by atomic mass is 16.5. The van der Waals surface area contributed by atoms with Crippen LogP contribution in [0.3, 0.4) is 0 Å². The van der Waals surface area contributed by atoms with Gasteiger partial charge in [0.2, 0.25) is 0 Å². The van der Waals surface area contributed by atoms with Crippen molar-refractivity contribution in [2.45, 2.75) is 59.6 Å². The molecule has 0 aliphatic carbocycles. The van der Waals surface area contributed by atoms with Crippen LogP contribution in [0.4, 0.5) is 0 Å². The van der Waals surface area contributed by atoms with Gasteiger partial charge in [-0.3, -0.25) is 0 Å². The predicted octanol–water partition coefficient (Wildman–Crippen LogP) is 4.25. The third-order valence-corrected chi connectivity index (χ3v) is 3.28. The second kappa shape index (κ2) is 8.40.